The van der Waals surface area contributed by atoms with Crippen LogP contribution in [-0.4, -0.2) is 18.4 Å². The van der Waals surface area contributed by atoms with E-state index in [1.165, 1.54) is 88.0 Å². The average molecular weight is 719 g/mol. The van der Waals surface area contributed by atoms with Crippen LogP contribution in [0.2, 0.25) is 0 Å². The van der Waals surface area contributed by atoms with Crippen molar-refractivity contribution in [3.63, 3.8) is 0 Å². The average Bonchev–Trinajstić information content (AvgIpc) is 3.67. The SMILES string of the molecule is O=C1OC2C3c4ccccc4C(c4c3c(-c3ccc5ccccc5c3-c3ccccc3)c3ccccc3c4-c3ccc4ccccc4c3-c3ccccc3)C2O1. The van der Waals surface area contributed by atoms with Crippen molar-refractivity contribution in [2.24, 2.45) is 0 Å². The molecule has 4 aliphatic rings. The molecule has 2 bridgehead atoms. The van der Waals surface area contributed by atoms with Gasteiger partial charge >= 0.3 is 6.16 Å². The summed E-state index contributed by atoms with van der Waals surface area (Å²) in [6.07, 6.45) is -1.49. The summed E-state index contributed by atoms with van der Waals surface area (Å²) in [6.45, 7) is 0. The molecule has 0 spiro atoms. The second kappa shape index (κ2) is 12.0. The quantitative estimate of drug-likeness (QED) is 0.170. The van der Waals surface area contributed by atoms with E-state index in [1.807, 2.05) is 0 Å². The zero-order valence-corrected chi connectivity index (χ0v) is 30.4. The molecular formula is C53H34O3. The summed E-state index contributed by atoms with van der Waals surface area (Å²) < 4.78 is 12.5. The zero-order valence-electron chi connectivity index (χ0n) is 30.4. The molecule has 1 aliphatic heterocycles. The lowest BCUT2D eigenvalue weighted by Crippen LogP contribution is -2.46. The Labute approximate surface area is 324 Å². The minimum absolute atomic E-state index is 0.239. The topological polar surface area (TPSA) is 35.5 Å². The van der Waals surface area contributed by atoms with E-state index >= 15 is 0 Å². The maximum absolute atomic E-state index is 13.3. The van der Waals surface area contributed by atoms with E-state index in [9.17, 15) is 4.79 Å². The van der Waals surface area contributed by atoms with Gasteiger partial charge in [-0.05, 0) is 99.1 Å². The number of carbonyl (C=O) groups excluding carboxylic acids is 1. The van der Waals surface area contributed by atoms with Crippen molar-refractivity contribution < 1.29 is 14.3 Å². The van der Waals surface area contributed by atoms with Gasteiger partial charge in [0.1, 0.15) is 0 Å². The zero-order chi connectivity index (χ0) is 36.9. The molecule has 1 saturated heterocycles. The third kappa shape index (κ3) is 4.37. The van der Waals surface area contributed by atoms with Crippen LogP contribution in [0.25, 0.3) is 76.8 Å². The Morgan fingerprint density at radius 3 is 1.16 bits per heavy atom. The van der Waals surface area contributed by atoms with Crippen molar-refractivity contribution in [1.82, 2.24) is 0 Å². The summed E-state index contributed by atoms with van der Waals surface area (Å²) >= 11 is 0. The summed E-state index contributed by atoms with van der Waals surface area (Å²) in [4.78, 5) is 13.3. The molecule has 13 rings (SSSR count). The maximum atomic E-state index is 13.3. The molecule has 3 aliphatic carbocycles. The highest BCUT2D eigenvalue weighted by molar-refractivity contribution is 6.17. The molecule has 1 heterocycles. The Kier molecular flexibility index (Phi) is 6.73. The van der Waals surface area contributed by atoms with E-state index in [0.29, 0.717) is 0 Å². The van der Waals surface area contributed by atoms with E-state index in [-0.39, 0.29) is 11.8 Å². The van der Waals surface area contributed by atoms with Gasteiger partial charge < -0.3 is 9.47 Å². The van der Waals surface area contributed by atoms with E-state index in [4.69, 9.17) is 9.47 Å². The van der Waals surface area contributed by atoms with Gasteiger partial charge in [-0.25, -0.2) is 4.79 Å². The van der Waals surface area contributed by atoms with Gasteiger partial charge in [-0.2, -0.15) is 0 Å². The summed E-state index contributed by atoms with van der Waals surface area (Å²) in [5.41, 5.74) is 14.3. The molecule has 1 fully saturated rings. The Balaban J connectivity index is 1.30. The molecule has 0 N–H and O–H groups in total. The van der Waals surface area contributed by atoms with Gasteiger partial charge in [-0.15, -0.1) is 0 Å². The third-order valence-corrected chi connectivity index (χ3v) is 12.5. The van der Waals surface area contributed by atoms with Gasteiger partial charge in [0.25, 0.3) is 0 Å². The molecule has 4 atom stereocenters. The Bertz CT molecular complexity index is 2870. The first-order valence-electron chi connectivity index (χ1n) is 19.4. The number of carbonyl (C=O) groups is 1. The monoisotopic (exact) mass is 718 g/mol. The number of hydrogen-bond donors (Lipinski definition) is 0. The van der Waals surface area contributed by atoms with Gasteiger partial charge in [-0.3, -0.25) is 0 Å². The number of ether oxygens (including phenoxy) is 2. The lowest BCUT2D eigenvalue weighted by atomic mass is 9.57. The molecule has 3 heteroatoms. The second-order valence-electron chi connectivity index (χ2n) is 15.3. The van der Waals surface area contributed by atoms with Crippen LogP contribution in [0.3, 0.4) is 0 Å². The molecule has 0 radical (unpaired) electrons. The number of rotatable bonds is 4. The Morgan fingerprint density at radius 1 is 0.339 bits per heavy atom. The number of hydrogen-bond acceptors (Lipinski definition) is 3. The van der Waals surface area contributed by atoms with Gasteiger partial charge in [-0.1, -0.05) is 182 Å². The van der Waals surface area contributed by atoms with Crippen molar-refractivity contribution in [3.05, 3.63) is 204 Å². The maximum Gasteiger partial charge on any atom is 0.509 e. The number of benzene rings is 9. The first-order valence-corrected chi connectivity index (χ1v) is 19.4. The van der Waals surface area contributed by atoms with Crippen LogP contribution in [-0.2, 0) is 9.47 Å². The van der Waals surface area contributed by atoms with Crippen molar-refractivity contribution in [2.45, 2.75) is 24.0 Å². The van der Waals surface area contributed by atoms with Gasteiger partial charge in [0.15, 0.2) is 12.2 Å². The summed E-state index contributed by atoms with van der Waals surface area (Å²) in [5.74, 6) is -0.478. The summed E-state index contributed by atoms with van der Waals surface area (Å²) in [6, 6.07) is 65.8. The van der Waals surface area contributed by atoms with E-state index in [1.54, 1.807) is 0 Å². The molecular weight excluding hydrogens is 685 g/mol. The van der Waals surface area contributed by atoms with Crippen molar-refractivity contribution in [1.29, 1.82) is 0 Å². The van der Waals surface area contributed by atoms with Crippen molar-refractivity contribution >= 4 is 38.5 Å². The highest BCUT2D eigenvalue weighted by Crippen LogP contribution is 2.63. The molecule has 3 nitrogen and oxygen atoms in total. The molecule has 9 aromatic rings. The van der Waals surface area contributed by atoms with Crippen LogP contribution >= 0.6 is 0 Å². The second-order valence-corrected chi connectivity index (χ2v) is 15.3. The lowest BCUT2D eigenvalue weighted by Gasteiger charge is -2.47. The minimum Gasteiger partial charge on any atom is -0.426 e. The van der Waals surface area contributed by atoms with E-state index in [0.717, 1.165) is 11.1 Å². The van der Waals surface area contributed by atoms with Crippen molar-refractivity contribution in [2.75, 3.05) is 0 Å². The fraction of sp³-hybridized carbons (Fsp3) is 0.0755. The highest BCUT2D eigenvalue weighted by atomic mass is 16.8. The standard InChI is InChI=1S/C53H34O3/c54-53-55-51-47-39-25-13-14-26-40(39)48(52(51)56-53)50-46(42-30-28-32-16-8-10-22-36(32)44(42)34-19-5-2-6-20-34)38-24-12-11-23-37(38)45(49(47)50)41-29-27-31-15-7-9-21-35(31)43(41)33-17-3-1-4-18-33/h1-30,47-48,51-52H. The molecule has 264 valence electrons. The Hall–Kier alpha value is -6.97. The highest BCUT2D eigenvalue weighted by Gasteiger charge is 2.59. The van der Waals surface area contributed by atoms with Crippen LogP contribution in [0.1, 0.15) is 34.1 Å². The predicted molar refractivity (Wildman–Crippen MR) is 226 cm³/mol. The molecule has 0 amide bonds. The molecule has 0 aromatic heterocycles. The van der Waals surface area contributed by atoms with Crippen molar-refractivity contribution in [3.8, 4) is 44.5 Å². The van der Waals surface area contributed by atoms with Crippen LogP contribution < -0.4 is 0 Å². The third-order valence-electron chi connectivity index (χ3n) is 12.5. The van der Waals surface area contributed by atoms with Crippen LogP contribution in [0.4, 0.5) is 4.79 Å². The van der Waals surface area contributed by atoms with Gasteiger partial charge in [0.2, 0.25) is 0 Å². The lowest BCUT2D eigenvalue weighted by molar-refractivity contribution is 0.104. The summed E-state index contributed by atoms with van der Waals surface area (Å²) in [5, 5.41) is 7.14. The van der Waals surface area contributed by atoms with Crippen LogP contribution in [0.15, 0.2) is 182 Å². The molecule has 56 heavy (non-hydrogen) atoms. The van der Waals surface area contributed by atoms with E-state index < -0.39 is 18.4 Å². The predicted octanol–water partition coefficient (Wildman–Crippen LogP) is 13.3. The number of fused-ring (bicyclic) bond motifs is 3. The first-order chi connectivity index (χ1) is 27.7. The molecule has 9 aromatic carbocycles. The molecule has 4 unspecified atom stereocenters. The smallest absolute Gasteiger partial charge is 0.426 e. The minimum atomic E-state index is -0.588. The van der Waals surface area contributed by atoms with E-state index in [2.05, 4.69) is 182 Å². The van der Waals surface area contributed by atoms with Crippen LogP contribution in [0.5, 0.6) is 0 Å². The van der Waals surface area contributed by atoms with Gasteiger partial charge in [0, 0.05) is 0 Å². The van der Waals surface area contributed by atoms with Crippen LogP contribution in [0, 0.1) is 0 Å². The summed E-state index contributed by atoms with van der Waals surface area (Å²) in [7, 11) is 0. The normalized spacial score (nSPS) is 19.0. The first kappa shape index (κ1) is 31.4. The Morgan fingerprint density at radius 2 is 0.714 bits per heavy atom. The fourth-order valence-corrected chi connectivity index (χ4v) is 10.5. The largest absolute Gasteiger partial charge is 0.509 e. The fourth-order valence-electron chi connectivity index (χ4n) is 10.5. The van der Waals surface area contributed by atoms with Gasteiger partial charge in [0.05, 0.1) is 11.8 Å². The molecule has 0 saturated carbocycles.